The number of carbonyl (C=O) groups excluding carboxylic acids is 1. The molecule has 4 nitrogen and oxygen atoms in total. The van der Waals surface area contributed by atoms with E-state index in [9.17, 15) is 14.0 Å². The Bertz CT molecular complexity index is 948. The summed E-state index contributed by atoms with van der Waals surface area (Å²) < 4.78 is 12.8. The fourth-order valence-corrected chi connectivity index (χ4v) is 2.91. The largest absolute Gasteiger partial charge is 0.356 e. The van der Waals surface area contributed by atoms with Crippen LogP contribution in [0.2, 0.25) is 0 Å². The maximum absolute atomic E-state index is 12.8. The summed E-state index contributed by atoms with van der Waals surface area (Å²) in [6.45, 7) is 0.427. The monoisotopic (exact) mass is 352 g/mol. The molecule has 0 atom stereocenters. The molecule has 134 valence electrons. The van der Waals surface area contributed by atoms with Gasteiger partial charge >= 0.3 is 0 Å². The van der Waals surface area contributed by atoms with Gasteiger partial charge in [-0.05, 0) is 54.5 Å². The molecule has 0 aliphatic rings. The van der Waals surface area contributed by atoms with Crippen molar-refractivity contribution in [3.8, 4) is 0 Å². The van der Waals surface area contributed by atoms with E-state index in [-0.39, 0.29) is 17.3 Å². The van der Waals surface area contributed by atoms with Crippen LogP contribution in [0.25, 0.3) is 10.9 Å². The van der Waals surface area contributed by atoms with Gasteiger partial charge in [-0.15, -0.1) is 0 Å². The molecular formula is C21H21FN2O2. The topological polar surface area (TPSA) is 62.0 Å². The van der Waals surface area contributed by atoms with Crippen molar-refractivity contribution in [3.63, 3.8) is 0 Å². The minimum absolute atomic E-state index is 0.0377. The van der Waals surface area contributed by atoms with Gasteiger partial charge in [0.2, 0.25) is 5.91 Å². The molecule has 0 radical (unpaired) electrons. The van der Waals surface area contributed by atoms with E-state index in [0.29, 0.717) is 31.4 Å². The molecule has 0 saturated heterocycles. The van der Waals surface area contributed by atoms with Gasteiger partial charge in [-0.25, -0.2) is 4.39 Å². The van der Waals surface area contributed by atoms with Crippen LogP contribution in [0.5, 0.6) is 0 Å². The summed E-state index contributed by atoms with van der Waals surface area (Å²) >= 11 is 0. The van der Waals surface area contributed by atoms with Gasteiger partial charge in [-0.3, -0.25) is 9.59 Å². The number of aromatic amines is 1. The Balaban J connectivity index is 1.44. The number of rotatable bonds is 7. The average molecular weight is 352 g/mol. The first-order chi connectivity index (χ1) is 12.6. The van der Waals surface area contributed by atoms with Crippen molar-refractivity contribution in [3.05, 3.63) is 81.9 Å². The number of fused-ring (bicyclic) bond motifs is 1. The molecular weight excluding hydrogens is 331 g/mol. The molecule has 0 fully saturated rings. The Hall–Kier alpha value is -2.95. The molecule has 0 aliphatic carbocycles. The zero-order valence-electron chi connectivity index (χ0n) is 14.4. The fraction of sp³-hybridized carbons (Fsp3) is 0.238. The Morgan fingerprint density at radius 2 is 1.81 bits per heavy atom. The number of amides is 1. The van der Waals surface area contributed by atoms with Crippen LogP contribution in [0, 0.1) is 5.82 Å². The van der Waals surface area contributed by atoms with E-state index in [4.69, 9.17) is 0 Å². The number of pyridine rings is 1. The van der Waals surface area contributed by atoms with Gasteiger partial charge in [-0.2, -0.15) is 0 Å². The lowest BCUT2D eigenvalue weighted by molar-refractivity contribution is -0.121. The van der Waals surface area contributed by atoms with Crippen molar-refractivity contribution >= 4 is 16.8 Å². The third kappa shape index (κ3) is 4.79. The van der Waals surface area contributed by atoms with Gasteiger partial charge in [-0.1, -0.05) is 30.3 Å². The van der Waals surface area contributed by atoms with Crippen LogP contribution in [0.15, 0.2) is 59.4 Å². The minimum atomic E-state index is -0.254. The van der Waals surface area contributed by atoms with Crippen LogP contribution in [-0.4, -0.2) is 17.4 Å². The normalized spacial score (nSPS) is 10.8. The fourth-order valence-electron chi connectivity index (χ4n) is 2.91. The molecule has 1 amide bonds. The van der Waals surface area contributed by atoms with E-state index in [1.165, 1.54) is 12.1 Å². The summed E-state index contributed by atoms with van der Waals surface area (Å²) in [6, 6.07) is 15.8. The number of nitrogens with one attached hydrogen (secondary N) is 2. The van der Waals surface area contributed by atoms with Crippen LogP contribution in [0.3, 0.4) is 0 Å². The van der Waals surface area contributed by atoms with Gasteiger partial charge in [0.15, 0.2) is 0 Å². The van der Waals surface area contributed by atoms with E-state index in [1.54, 1.807) is 12.1 Å². The number of hydrogen-bond acceptors (Lipinski definition) is 2. The molecule has 26 heavy (non-hydrogen) atoms. The van der Waals surface area contributed by atoms with E-state index >= 15 is 0 Å². The van der Waals surface area contributed by atoms with Gasteiger partial charge < -0.3 is 10.3 Å². The summed E-state index contributed by atoms with van der Waals surface area (Å²) in [6.07, 6.45) is 2.33. The summed E-state index contributed by atoms with van der Waals surface area (Å²) in [7, 11) is 0. The van der Waals surface area contributed by atoms with Gasteiger partial charge in [0.1, 0.15) is 5.82 Å². The number of carbonyl (C=O) groups is 1. The highest BCUT2D eigenvalue weighted by atomic mass is 19.1. The molecule has 5 heteroatoms. The summed E-state index contributed by atoms with van der Waals surface area (Å²) in [5.74, 6) is -0.292. The van der Waals surface area contributed by atoms with Crippen LogP contribution >= 0.6 is 0 Å². The second kappa shape index (κ2) is 8.43. The van der Waals surface area contributed by atoms with E-state index in [0.717, 1.165) is 22.9 Å². The molecule has 0 bridgehead atoms. The van der Waals surface area contributed by atoms with Gasteiger partial charge in [0.05, 0.1) is 0 Å². The minimum Gasteiger partial charge on any atom is -0.356 e. The highest BCUT2D eigenvalue weighted by Gasteiger charge is 2.05. The first kappa shape index (κ1) is 17.9. The number of benzene rings is 2. The molecule has 0 spiro atoms. The predicted octanol–water partition coefficient (Wildman–Crippen LogP) is 3.35. The number of aromatic nitrogens is 1. The lowest BCUT2D eigenvalue weighted by Crippen LogP contribution is -2.27. The van der Waals surface area contributed by atoms with Crippen LogP contribution < -0.4 is 10.9 Å². The number of hydrogen-bond donors (Lipinski definition) is 2. The zero-order valence-corrected chi connectivity index (χ0v) is 14.4. The second-order valence-corrected chi connectivity index (χ2v) is 6.29. The smallest absolute Gasteiger partial charge is 0.251 e. The number of aryl methyl sites for hydroxylation is 1. The van der Waals surface area contributed by atoms with Crippen LogP contribution in [0.1, 0.15) is 24.0 Å². The molecule has 3 aromatic rings. The predicted molar refractivity (Wildman–Crippen MR) is 101 cm³/mol. The third-order valence-electron chi connectivity index (χ3n) is 4.33. The van der Waals surface area contributed by atoms with Gasteiger partial charge in [0.25, 0.3) is 5.56 Å². The highest BCUT2D eigenvalue weighted by Crippen LogP contribution is 2.10. The molecule has 0 unspecified atom stereocenters. The standard InChI is InChI=1S/C21H21FN2O2/c22-18-10-8-15(9-11-18)4-3-7-20(25)23-13-12-17-14-16-5-1-2-6-19(16)24-21(17)26/h1-2,5-6,8-11,14H,3-4,7,12-13H2,(H,23,25)(H,24,26). The SMILES string of the molecule is O=C(CCCc1ccc(F)cc1)NCCc1cc2ccccc2[nH]c1=O. The molecule has 3 rings (SSSR count). The summed E-state index contributed by atoms with van der Waals surface area (Å²) in [5, 5.41) is 3.83. The molecule has 0 aliphatic heterocycles. The van der Waals surface area contributed by atoms with Crippen molar-refractivity contribution in [1.29, 1.82) is 0 Å². The third-order valence-corrected chi connectivity index (χ3v) is 4.33. The summed E-state index contributed by atoms with van der Waals surface area (Å²) in [5.41, 5.74) is 2.37. The van der Waals surface area contributed by atoms with E-state index < -0.39 is 0 Å². The molecule has 0 saturated carbocycles. The van der Waals surface area contributed by atoms with Crippen LogP contribution in [0.4, 0.5) is 4.39 Å². The molecule has 1 aromatic heterocycles. The van der Waals surface area contributed by atoms with Crippen LogP contribution in [-0.2, 0) is 17.6 Å². The number of para-hydroxylation sites is 1. The number of halogens is 1. The van der Waals surface area contributed by atoms with Crippen molar-refractivity contribution in [2.45, 2.75) is 25.7 Å². The van der Waals surface area contributed by atoms with Gasteiger partial charge in [0, 0.05) is 24.0 Å². The Labute approximate surface area is 151 Å². The van der Waals surface area contributed by atoms with Crippen molar-refractivity contribution in [2.75, 3.05) is 6.54 Å². The maximum Gasteiger partial charge on any atom is 0.251 e. The molecule has 1 heterocycles. The lowest BCUT2D eigenvalue weighted by atomic mass is 10.1. The first-order valence-corrected chi connectivity index (χ1v) is 8.74. The number of H-pyrrole nitrogens is 1. The van der Waals surface area contributed by atoms with Crippen molar-refractivity contribution in [2.24, 2.45) is 0 Å². The lowest BCUT2D eigenvalue weighted by Gasteiger charge is -2.06. The van der Waals surface area contributed by atoms with Crippen molar-refractivity contribution < 1.29 is 9.18 Å². The summed E-state index contributed by atoms with van der Waals surface area (Å²) in [4.78, 5) is 26.8. The average Bonchev–Trinajstić information content (AvgIpc) is 2.64. The molecule has 2 N–H and O–H groups in total. The Kier molecular flexibility index (Phi) is 5.79. The highest BCUT2D eigenvalue weighted by molar-refractivity contribution is 5.78. The van der Waals surface area contributed by atoms with E-state index in [1.807, 2.05) is 30.3 Å². The zero-order chi connectivity index (χ0) is 18.4. The Morgan fingerprint density at radius 3 is 2.62 bits per heavy atom. The van der Waals surface area contributed by atoms with E-state index in [2.05, 4.69) is 10.3 Å². The first-order valence-electron chi connectivity index (χ1n) is 8.74. The second-order valence-electron chi connectivity index (χ2n) is 6.29. The quantitative estimate of drug-likeness (QED) is 0.685. The van der Waals surface area contributed by atoms with Crippen molar-refractivity contribution in [1.82, 2.24) is 10.3 Å². The Morgan fingerprint density at radius 1 is 1.04 bits per heavy atom. The maximum atomic E-state index is 12.8. The molecule has 2 aromatic carbocycles.